The topological polar surface area (TPSA) is 55.1 Å². The third kappa shape index (κ3) is 5.33. The molecule has 3 nitrogen and oxygen atoms in total. The zero-order chi connectivity index (χ0) is 14.5. The Kier molecular flexibility index (Phi) is 7.20. The van der Waals surface area contributed by atoms with Gasteiger partial charge in [-0.3, -0.25) is 4.79 Å². The van der Waals surface area contributed by atoms with Gasteiger partial charge in [-0.05, 0) is 50.2 Å². The quantitative estimate of drug-likeness (QED) is 0.878. The maximum absolute atomic E-state index is 12.1. The highest BCUT2D eigenvalue weighted by Gasteiger charge is 2.26. The molecule has 4 heteroatoms. The normalized spacial score (nSPS) is 22.4. The van der Waals surface area contributed by atoms with Crippen LogP contribution in [0.15, 0.2) is 24.3 Å². The Labute approximate surface area is 134 Å². The van der Waals surface area contributed by atoms with E-state index in [9.17, 15) is 4.79 Å². The van der Waals surface area contributed by atoms with Crippen LogP contribution in [-0.4, -0.2) is 18.0 Å². The molecule has 1 aromatic rings. The first-order valence-electron chi connectivity index (χ1n) is 7.65. The highest BCUT2D eigenvalue weighted by Crippen LogP contribution is 2.26. The van der Waals surface area contributed by atoms with Gasteiger partial charge in [0.25, 0.3) is 0 Å². The predicted octanol–water partition coefficient (Wildman–Crippen LogP) is 2.98. The highest BCUT2D eigenvalue weighted by molar-refractivity contribution is 5.85. The number of nitrogens with one attached hydrogen (secondary N) is 1. The number of rotatable bonds is 5. The minimum absolute atomic E-state index is 0. The van der Waals surface area contributed by atoms with E-state index in [1.807, 2.05) is 6.07 Å². The summed E-state index contributed by atoms with van der Waals surface area (Å²) in [4.78, 5) is 12.1. The van der Waals surface area contributed by atoms with Crippen LogP contribution < -0.4 is 11.1 Å². The molecule has 1 aromatic carbocycles. The maximum Gasteiger partial charge on any atom is 0.220 e. The first-order chi connectivity index (χ1) is 9.56. The van der Waals surface area contributed by atoms with Gasteiger partial charge in [-0.2, -0.15) is 0 Å². The van der Waals surface area contributed by atoms with Crippen LogP contribution in [0, 0.1) is 12.8 Å². The standard InChI is InChI=1S/C17H26N2O.ClH/c1-12-6-3-4-7-14(12)10-13(2)19-17(20)11-15-8-5-9-16(15)18;/h3-4,6-7,13,15-16H,5,8-11,18H2,1-2H3,(H,19,20);1H/t13?,15-,16+;/m0./s1. The summed E-state index contributed by atoms with van der Waals surface area (Å²) in [5.74, 6) is 0.522. The number of halogens is 1. The van der Waals surface area contributed by atoms with Crippen LogP contribution in [0.4, 0.5) is 0 Å². The molecule has 1 amide bonds. The monoisotopic (exact) mass is 310 g/mol. The summed E-state index contributed by atoms with van der Waals surface area (Å²) in [5.41, 5.74) is 8.61. The fourth-order valence-corrected chi connectivity index (χ4v) is 3.11. The number of nitrogens with two attached hydrogens (primary N) is 1. The summed E-state index contributed by atoms with van der Waals surface area (Å²) in [6.45, 7) is 4.18. The molecule has 1 aliphatic rings. The van der Waals surface area contributed by atoms with E-state index in [-0.39, 0.29) is 30.4 Å². The summed E-state index contributed by atoms with van der Waals surface area (Å²) in [7, 11) is 0. The Morgan fingerprint density at radius 2 is 2.10 bits per heavy atom. The Morgan fingerprint density at radius 1 is 1.38 bits per heavy atom. The van der Waals surface area contributed by atoms with Crippen molar-refractivity contribution in [3.05, 3.63) is 35.4 Å². The van der Waals surface area contributed by atoms with E-state index in [1.54, 1.807) is 0 Å². The smallest absolute Gasteiger partial charge is 0.220 e. The summed E-state index contributed by atoms with van der Waals surface area (Å²) >= 11 is 0. The molecule has 3 atom stereocenters. The molecule has 0 aromatic heterocycles. The molecule has 1 fully saturated rings. The third-order valence-corrected chi connectivity index (χ3v) is 4.36. The molecule has 0 radical (unpaired) electrons. The molecule has 1 saturated carbocycles. The lowest BCUT2D eigenvalue weighted by atomic mass is 9.98. The summed E-state index contributed by atoms with van der Waals surface area (Å²) in [6, 6.07) is 8.72. The predicted molar refractivity (Wildman–Crippen MR) is 89.7 cm³/mol. The molecule has 0 saturated heterocycles. The van der Waals surface area contributed by atoms with Crippen LogP contribution in [0.2, 0.25) is 0 Å². The lowest BCUT2D eigenvalue weighted by Gasteiger charge is -2.18. The van der Waals surface area contributed by atoms with E-state index in [4.69, 9.17) is 5.73 Å². The van der Waals surface area contributed by atoms with Gasteiger partial charge in [-0.1, -0.05) is 30.7 Å². The molecule has 21 heavy (non-hydrogen) atoms. The van der Waals surface area contributed by atoms with E-state index in [0.29, 0.717) is 12.3 Å². The molecule has 0 heterocycles. The molecule has 1 aliphatic carbocycles. The summed E-state index contributed by atoms with van der Waals surface area (Å²) < 4.78 is 0. The molecular formula is C17H27ClN2O. The molecule has 2 rings (SSSR count). The molecular weight excluding hydrogens is 284 g/mol. The average molecular weight is 311 g/mol. The van der Waals surface area contributed by atoms with Gasteiger partial charge >= 0.3 is 0 Å². The molecule has 0 aliphatic heterocycles. The van der Waals surface area contributed by atoms with Crippen molar-refractivity contribution in [2.75, 3.05) is 0 Å². The zero-order valence-corrected chi connectivity index (χ0v) is 13.8. The van der Waals surface area contributed by atoms with Gasteiger partial charge in [-0.25, -0.2) is 0 Å². The fraction of sp³-hybridized carbons (Fsp3) is 0.588. The van der Waals surface area contributed by atoms with Crippen molar-refractivity contribution < 1.29 is 4.79 Å². The number of hydrogen-bond donors (Lipinski definition) is 2. The van der Waals surface area contributed by atoms with Gasteiger partial charge in [0.1, 0.15) is 0 Å². The van der Waals surface area contributed by atoms with E-state index >= 15 is 0 Å². The Bertz CT molecular complexity index is 464. The van der Waals surface area contributed by atoms with Gasteiger partial charge in [0.2, 0.25) is 5.91 Å². The third-order valence-electron chi connectivity index (χ3n) is 4.36. The number of benzene rings is 1. The first kappa shape index (κ1) is 18.0. The van der Waals surface area contributed by atoms with Crippen molar-refractivity contribution in [2.24, 2.45) is 11.7 Å². The number of carbonyl (C=O) groups is 1. The van der Waals surface area contributed by atoms with E-state index < -0.39 is 0 Å². The van der Waals surface area contributed by atoms with Crippen molar-refractivity contribution in [2.45, 2.75) is 58.0 Å². The van der Waals surface area contributed by atoms with Gasteiger partial charge in [0.15, 0.2) is 0 Å². The van der Waals surface area contributed by atoms with E-state index in [2.05, 4.69) is 37.4 Å². The van der Waals surface area contributed by atoms with Crippen molar-refractivity contribution in [1.29, 1.82) is 0 Å². The molecule has 118 valence electrons. The van der Waals surface area contributed by atoms with Crippen molar-refractivity contribution in [3.8, 4) is 0 Å². The van der Waals surface area contributed by atoms with Crippen LogP contribution in [0.25, 0.3) is 0 Å². The van der Waals surface area contributed by atoms with Crippen LogP contribution in [0.1, 0.15) is 43.7 Å². The number of hydrogen-bond acceptors (Lipinski definition) is 2. The second kappa shape index (κ2) is 8.40. The van der Waals surface area contributed by atoms with Gasteiger partial charge in [0, 0.05) is 18.5 Å². The van der Waals surface area contributed by atoms with Crippen molar-refractivity contribution in [1.82, 2.24) is 5.32 Å². The zero-order valence-electron chi connectivity index (χ0n) is 13.0. The first-order valence-corrected chi connectivity index (χ1v) is 7.65. The van der Waals surface area contributed by atoms with Crippen LogP contribution in [-0.2, 0) is 11.2 Å². The SMILES string of the molecule is Cc1ccccc1CC(C)NC(=O)C[C@@H]1CCC[C@H]1N.Cl. The molecule has 3 N–H and O–H groups in total. The van der Waals surface area contributed by atoms with Crippen molar-refractivity contribution in [3.63, 3.8) is 0 Å². The van der Waals surface area contributed by atoms with E-state index in [1.165, 1.54) is 11.1 Å². The summed E-state index contributed by atoms with van der Waals surface area (Å²) in [6.07, 6.45) is 4.80. The largest absolute Gasteiger partial charge is 0.353 e. The van der Waals surface area contributed by atoms with Crippen LogP contribution >= 0.6 is 12.4 Å². The number of amides is 1. The highest BCUT2D eigenvalue weighted by atomic mass is 35.5. The van der Waals surface area contributed by atoms with Gasteiger partial charge < -0.3 is 11.1 Å². The van der Waals surface area contributed by atoms with Gasteiger partial charge in [0.05, 0.1) is 0 Å². The van der Waals surface area contributed by atoms with E-state index in [0.717, 1.165) is 25.7 Å². The number of aryl methyl sites for hydroxylation is 1. The minimum Gasteiger partial charge on any atom is -0.353 e. The van der Waals surface area contributed by atoms with Gasteiger partial charge in [-0.15, -0.1) is 12.4 Å². The van der Waals surface area contributed by atoms with Crippen molar-refractivity contribution >= 4 is 18.3 Å². The molecule has 1 unspecified atom stereocenters. The molecule has 0 spiro atoms. The Hall–Kier alpha value is -1.06. The van der Waals surface area contributed by atoms with Crippen LogP contribution in [0.3, 0.4) is 0 Å². The second-order valence-electron chi connectivity index (χ2n) is 6.16. The maximum atomic E-state index is 12.1. The molecule has 0 bridgehead atoms. The second-order valence-corrected chi connectivity index (χ2v) is 6.16. The Morgan fingerprint density at radius 3 is 2.71 bits per heavy atom. The fourth-order valence-electron chi connectivity index (χ4n) is 3.11. The summed E-state index contributed by atoms with van der Waals surface area (Å²) in [5, 5.41) is 3.11. The average Bonchev–Trinajstić information content (AvgIpc) is 2.77. The lowest BCUT2D eigenvalue weighted by molar-refractivity contribution is -0.122. The minimum atomic E-state index is 0. The number of carbonyl (C=O) groups excluding carboxylic acids is 1. The Balaban J connectivity index is 0.00000220. The van der Waals surface area contributed by atoms with Crippen LogP contribution in [0.5, 0.6) is 0 Å². The lowest BCUT2D eigenvalue weighted by Crippen LogP contribution is -2.37.